The van der Waals surface area contributed by atoms with E-state index in [0.29, 0.717) is 6.07 Å². The molecule has 0 saturated carbocycles. The SMILES string of the molecule is O=S(=O)(Oc1ccc(-c2nncs2)c(F)c1F)C(F)(F)F. The first-order valence-corrected chi connectivity index (χ1v) is 7.17. The van der Waals surface area contributed by atoms with Gasteiger partial charge in [0.25, 0.3) is 0 Å². The number of hydrogen-bond acceptors (Lipinski definition) is 6. The van der Waals surface area contributed by atoms with Crippen LogP contribution in [0.1, 0.15) is 0 Å². The van der Waals surface area contributed by atoms with Gasteiger partial charge in [-0.25, -0.2) is 4.39 Å². The second-order valence-electron chi connectivity index (χ2n) is 3.47. The number of aromatic nitrogens is 2. The minimum Gasteiger partial charge on any atom is -0.373 e. The van der Waals surface area contributed by atoms with E-state index < -0.39 is 33.0 Å². The highest BCUT2D eigenvalue weighted by Crippen LogP contribution is 2.33. The minimum atomic E-state index is -6.09. The lowest BCUT2D eigenvalue weighted by molar-refractivity contribution is -0.0501. The fraction of sp³-hybridized carbons (Fsp3) is 0.111. The Morgan fingerprint density at radius 1 is 1.14 bits per heavy atom. The van der Waals surface area contributed by atoms with Crippen molar-refractivity contribution < 1.29 is 34.6 Å². The fourth-order valence-electron chi connectivity index (χ4n) is 1.22. The highest BCUT2D eigenvalue weighted by Gasteiger charge is 2.49. The van der Waals surface area contributed by atoms with Crippen molar-refractivity contribution in [3.8, 4) is 16.3 Å². The van der Waals surface area contributed by atoms with Crippen LogP contribution in [-0.2, 0) is 10.1 Å². The fourth-order valence-corrected chi connectivity index (χ4v) is 2.25. The zero-order valence-corrected chi connectivity index (χ0v) is 11.2. The summed E-state index contributed by atoms with van der Waals surface area (Å²) in [5.41, 5.74) is -4.91. The Labute approximate surface area is 118 Å². The molecule has 1 aromatic heterocycles. The Bertz CT molecular complexity index is 758. The monoisotopic (exact) mass is 346 g/mol. The molecule has 1 heterocycles. The van der Waals surface area contributed by atoms with E-state index in [-0.39, 0.29) is 10.6 Å². The zero-order chi connectivity index (χ0) is 15.8. The Hall–Kier alpha value is -1.82. The Morgan fingerprint density at radius 2 is 1.81 bits per heavy atom. The summed E-state index contributed by atoms with van der Waals surface area (Å²) in [7, 11) is -6.09. The van der Waals surface area contributed by atoms with Crippen LogP contribution < -0.4 is 4.18 Å². The summed E-state index contributed by atoms with van der Waals surface area (Å²) in [5.74, 6) is -4.88. The minimum absolute atomic E-state index is 0.0309. The van der Waals surface area contributed by atoms with Gasteiger partial charge in [-0.2, -0.15) is 26.0 Å². The molecule has 2 aromatic rings. The van der Waals surface area contributed by atoms with Crippen LogP contribution in [0.15, 0.2) is 17.6 Å². The standard InChI is InChI=1S/C9H3F5N2O3S2/c10-6-4(8-16-15-3-20-8)1-2-5(7(6)11)19-21(17,18)9(12,13)14/h1-3H. The smallest absolute Gasteiger partial charge is 0.373 e. The second kappa shape index (κ2) is 5.18. The van der Waals surface area contributed by atoms with Gasteiger partial charge in [0.2, 0.25) is 5.82 Å². The van der Waals surface area contributed by atoms with Crippen molar-refractivity contribution in [2.45, 2.75) is 5.51 Å². The molecular formula is C9H3F5N2O3S2. The van der Waals surface area contributed by atoms with Crippen molar-refractivity contribution in [1.29, 1.82) is 0 Å². The second-order valence-corrected chi connectivity index (χ2v) is 5.84. The molecule has 114 valence electrons. The molecule has 0 aliphatic carbocycles. The summed E-state index contributed by atoms with van der Waals surface area (Å²) in [6.45, 7) is 0. The molecular weight excluding hydrogens is 343 g/mol. The normalized spacial score (nSPS) is 12.4. The van der Waals surface area contributed by atoms with Crippen molar-refractivity contribution in [2.75, 3.05) is 0 Å². The van der Waals surface area contributed by atoms with E-state index in [1.807, 2.05) is 0 Å². The summed E-state index contributed by atoms with van der Waals surface area (Å²) in [6, 6.07) is 1.39. The van der Waals surface area contributed by atoms with Crippen molar-refractivity contribution >= 4 is 21.5 Å². The lowest BCUT2D eigenvalue weighted by Gasteiger charge is -2.11. The number of hydrogen-bond donors (Lipinski definition) is 0. The van der Waals surface area contributed by atoms with E-state index in [0.717, 1.165) is 17.4 Å². The van der Waals surface area contributed by atoms with Gasteiger partial charge >= 0.3 is 15.6 Å². The lowest BCUT2D eigenvalue weighted by atomic mass is 10.2. The average Bonchev–Trinajstić information content (AvgIpc) is 2.87. The summed E-state index contributed by atoms with van der Waals surface area (Å²) >= 11 is 0.854. The molecule has 12 heteroatoms. The van der Waals surface area contributed by atoms with Gasteiger partial charge in [0, 0.05) is 0 Å². The molecule has 0 radical (unpaired) electrons. The van der Waals surface area contributed by atoms with Gasteiger partial charge in [0.1, 0.15) is 5.51 Å². The average molecular weight is 346 g/mol. The van der Waals surface area contributed by atoms with Gasteiger partial charge in [0.05, 0.1) is 5.56 Å². The molecule has 0 N–H and O–H groups in total. The van der Waals surface area contributed by atoms with Crippen molar-refractivity contribution in [1.82, 2.24) is 10.2 Å². The number of halogens is 5. The predicted octanol–water partition coefficient (Wildman–Crippen LogP) is 2.71. The Kier molecular flexibility index (Phi) is 3.84. The zero-order valence-electron chi connectivity index (χ0n) is 9.56. The number of nitrogens with zero attached hydrogens (tertiary/aromatic N) is 2. The van der Waals surface area contributed by atoms with Gasteiger partial charge in [-0.15, -0.1) is 10.2 Å². The molecule has 0 saturated heterocycles. The molecule has 1 aromatic carbocycles. The summed E-state index contributed by atoms with van der Waals surface area (Å²) in [4.78, 5) is 0. The third-order valence-corrected chi connectivity index (χ3v) is 3.81. The molecule has 2 rings (SSSR count). The quantitative estimate of drug-likeness (QED) is 0.486. The van der Waals surface area contributed by atoms with Gasteiger partial charge in [-0.1, -0.05) is 11.3 Å². The molecule has 0 aliphatic heterocycles. The van der Waals surface area contributed by atoms with Crippen LogP contribution in [0.4, 0.5) is 22.0 Å². The van der Waals surface area contributed by atoms with Crippen LogP contribution in [0.2, 0.25) is 0 Å². The summed E-state index contributed by atoms with van der Waals surface area (Å²) in [5, 5.41) is 6.81. The van der Waals surface area contributed by atoms with E-state index in [1.54, 1.807) is 0 Å². The van der Waals surface area contributed by atoms with Gasteiger partial charge in [-0.3, -0.25) is 0 Å². The molecule has 0 aliphatic rings. The topological polar surface area (TPSA) is 69.2 Å². The number of alkyl halides is 3. The third-order valence-electron chi connectivity index (χ3n) is 2.12. The first kappa shape index (κ1) is 15.6. The maximum atomic E-state index is 13.7. The van der Waals surface area contributed by atoms with E-state index in [9.17, 15) is 30.4 Å². The maximum Gasteiger partial charge on any atom is 0.534 e. The molecule has 0 bridgehead atoms. The first-order chi connectivity index (χ1) is 9.63. The van der Waals surface area contributed by atoms with Crippen molar-refractivity contribution in [2.24, 2.45) is 0 Å². The molecule has 0 unspecified atom stereocenters. The Morgan fingerprint density at radius 3 is 2.33 bits per heavy atom. The summed E-state index contributed by atoms with van der Waals surface area (Å²) in [6.07, 6.45) is 0. The summed E-state index contributed by atoms with van der Waals surface area (Å²) < 4.78 is 88.7. The molecule has 21 heavy (non-hydrogen) atoms. The maximum absolute atomic E-state index is 13.7. The highest BCUT2D eigenvalue weighted by molar-refractivity contribution is 7.88. The van der Waals surface area contributed by atoms with Crippen LogP contribution in [0, 0.1) is 11.6 Å². The van der Waals surface area contributed by atoms with Crippen LogP contribution in [0.5, 0.6) is 5.75 Å². The molecule has 5 nitrogen and oxygen atoms in total. The van der Waals surface area contributed by atoms with E-state index in [2.05, 4.69) is 14.4 Å². The number of benzene rings is 1. The van der Waals surface area contributed by atoms with Crippen molar-refractivity contribution in [3.05, 3.63) is 29.3 Å². The van der Waals surface area contributed by atoms with E-state index in [4.69, 9.17) is 0 Å². The van der Waals surface area contributed by atoms with Crippen LogP contribution in [0.25, 0.3) is 10.6 Å². The lowest BCUT2D eigenvalue weighted by Crippen LogP contribution is -2.28. The Balaban J connectivity index is 2.43. The predicted molar refractivity (Wildman–Crippen MR) is 60.9 cm³/mol. The third kappa shape index (κ3) is 2.95. The van der Waals surface area contributed by atoms with E-state index >= 15 is 0 Å². The first-order valence-electron chi connectivity index (χ1n) is 4.89. The molecule has 0 atom stereocenters. The number of rotatable bonds is 3. The van der Waals surface area contributed by atoms with Crippen LogP contribution in [-0.4, -0.2) is 24.1 Å². The molecule has 0 amide bonds. The van der Waals surface area contributed by atoms with Crippen molar-refractivity contribution in [3.63, 3.8) is 0 Å². The van der Waals surface area contributed by atoms with Gasteiger partial charge in [0.15, 0.2) is 16.6 Å². The van der Waals surface area contributed by atoms with Gasteiger partial charge < -0.3 is 4.18 Å². The van der Waals surface area contributed by atoms with Crippen LogP contribution >= 0.6 is 11.3 Å². The molecule has 0 spiro atoms. The molecule has 0 fully saturated rings. The van der Waals surface area contributed by atoms with E-state index in [1.165, 1.54) is 5.51 Å². The largest absolute Gasteiger partial charge is 0.534 e. The van der Waals surface area contributed by atoms with Crippen LogP contribution in [0.3, 0.4) is 0 Å². The van der Waals surface area contributed by atoms with Gasteiger partial charge in [-0.05, 0) is 12.1 Å². The highest BCUT2D eigenvalue weighted by atomic mass is 32.2.